The molecule has 1 atom stereocenters. The molecule has 1 aliphatic rings. The van der Waals surface area contributed by atoms with Crippen LogP contribution in [0.2, 0.25) is 0 Å². The standard InChI is InChI=1S/C16H14O2/c1-10-12-5-3-4-6-14(12)15-9-11(16(17)18-2)7-8-13(10)15/h3-10H,1-2H3. The lowest BCUT2D eigenvalue weighted by Gasteiger charge is -2.06. The maximum absolute atomic E-state index is 11.6. The van der Waals surface area contributed by atoms with E-state index in [1.54, 1.807) is 0 Å². The van der Waals surface area contributed by atoms with Crippen LogP contribution >= 0.6 is 0 Å². The Morgan fingerprint density at radius 2 is 1.78 bits per heavy atom. The van der Waals surface area contributed by atoms with Crippen LogP contribution in [0.5, 0.6) is 0 Å². The number of carbonyl (C=O) groups excluding carboxylic acids is 1. The zero-order chi connectivity index (χ0) is 12.7. The van der Waals surface area contributed by atoms with Crippen molar-refractivity contribution < 1.29 is 9.53 Å². The van der Waals surface area contributed by atoms with Gasteiger partial charge in [-0.05, 0) is 34.4 Å². The van der Waals surface area contributed by atoms with E-state index in [1.165, 1.54) is 23.8 Å². The first-order chi connectivity index (χ1) is 8.72. The highest BCUT2D eigenvalue weighted by atomic mass is 16.5. The van der Waals surface area contributed by atoms with E-state index in [4.69, 9.17) is 4.74 Å². The van der Waals surface area contributed by atoms with Crippen molar-refractivity contribution in [2.45, 2.75) is 12.8 Å². The molecule has 0 saturated carbocycles. The smallest absolute Gasteiger partial charge is 0.337 e. The summed E-state index contributed by atoms with van der Waals surface area (Å²) >= 11 is 0. The fraction of sp³-hybridized carbons (Fsp3) is 0.188. The third-order valence-corrected chi connectivity index (χ3v) is 3.66. The molecule has 0 bridgehead atoms. The summed E-state index contributed by atoms with van der Waals surface area (Å²) < 4.78 is 4.77. The normalized spacial score (nSPS) is 16.0. The van der Waals surface area contributed by atoms with Crippen molar-refractivity contribution in [2.75, 3.05) is 7.11 Å². The summed E-state index contributed by atoms with van der Waals surface area (Å²) in [5.41, 5.74) is 5.60. The summed E-state index contributed by atoms with van der Waals surface area (Å²) in [6.45, 7) is 2.20. The van der Waals surface area contributed by atoms with E-state index in [-0.39, 0.29) is 5.97 Å². The average Bonchev–Trinajstić information content (AvgIpc) is 2.72. The summed E-state index contributed by atoms with van der Waals surface area (Å²) in [7, 11) is 1.41. The molecule has 0 spiro atoms. The maximum atomic E-state index is 11.6. The van der Waals surface area contributed by atoms with Crippen LogP contribution in [0.25, 0.3) is 11.1 Å². The quantitative estimate of drug-likeness (QED) is 0.709. The van der Waals surface area contributed by atoms with Gasteiger partial charge in [-0.3, -0.25) is 0 Å². The van der Waals surface area contributed by atoms with Gasteiger partial charge in [-0.25, -0.2) is 4.79 Å². The van der Waals surface area contributed by atoms with Gasteiger partial charge in [-0.15, -0.1) is 0 Å². The number of ether oxygens (including phenoxy) is 1. The summed E-state index contributed by atoms with van der Waals surface area (Å²) in [6, 6.07) is 14.2. The lowest BCUT2D eigenvalue weighted by Crippen LogP contribution is -2.01. The lowest BCUT2D eigenvalue weighted by atomic mass is 9.99. The number of esters is 1. The Kier molecular flexibility index (Phi) is 2.44. The Labute approximate surface area is 106 Å². The van der Waals surface area contributed by atoms with Gasteiger partial charge in [0.05, 0.1) is 12.7 Å². The van der Waals surface area contributed by atoms with Crippen molar-refractivity contribution >= 4 is 5.97 Å². The molecule has 2 aromatic carbocycles. The monoisotopic (exact) mass is 238 g/mol. The Hall–Kier alpha value is -2.09. The fourth-order valence-electron chi connectivity index (χ4n) is 2.70. The van der Waals surface area contributed by atoms with E-state index < -0.39 is 0 Å². The molecule has 2 heteroatoms. The van der Waals surface area contributed by atoms with Gasteiger partial charge >= 0.3 is 5.97 Å². The van der Waals surface area contributed by atoms with Crippen LogP contribution < -0.4 is 0 Å². The van der Waals surface area contributed by atoms with Crippen LogP contribution in [0.1, 0.15) is 34.3 Å². The first-order valence-corrected chi connectivity index (χ1v) is 6.04. The number of methoxy groups -OCH3 is 1. The minimum Gasteiger partial charge on any atom is -0.465 e. The molecule has 90 valence electrons. The molecule has 0 radical (unpaired) electrons. The van der Waals surface area contributed by atoms with Crippen molar-refractivity contribution in [3.63, 3.8) is 0 Å². The second kappa shape index (κ2) is 3.98. The van der Waals surface area contributed by atoms with Crippen molar-refractivity contribution in [3.05, 3.63) is 59.2 Å². The summed E-state index contributed by atoms with van der Waals surface area (Å²) in [6.07, 6.45) is 0. The maximum Gasteiger partial charge on any atom is 0.337 e. The van der Waals surface area contributed by atoms with Crippen LogP contribution in [-0.4, -0.2) is 13.1 Å². The Morgan fingerprint density at radius 3 is 2.56 bits per heavy atom. The molecule has 0 aliphatic heterocycles. The van der Waals surface area contributed by atoms with Gasteiger partial charge in [0.1, 0.15) is 0 Å². The molecule has 0 amide bonds. The zero-order valence-electron chi connectivity index (χ0n) is 10.4. The third-order valence-electron chi connectivity index (χ3n) is 3.66. The van der Waals surface area contributed by atoms with Gasteiger partial charge in [0.25, 0.3) is 0 Å². The zero-order valence-corrected chi connectivity index (χ0v) is 10.4. The number of hydrogen-bond donors (Lipinski definition) is 0. The molecule has 2 aromatic rings. The Bertz CT molecular complexity index is 629. The summed E-state index contributed by atoms with van der Waals surface area (Å²) in [5.74, 6) is 0.109. The summed E-state index contributed by atoms with van der Waals surface area (Å²) in [4.78, 5) is 11.6. The van der Waals surface area contributed by atoms with Gasteiger partial charge in [0.15, 0.2) is 0 Å². The van der Waals surface area contributed by atoms with E-state index in [0.29, 0.717) is 11.5 Å². The predicted molar refractivity (Wildman–Crippen MR) is 70.7 cm³/mol. The number of hydrogen-bond acceptors (Lipinski definition) is 2. The van der Waals surface area contributed by atoms with Crippen LogP contribution in [0, 0.1) is 0 Å². The van der Waals surface area contributed by atoms with Crippen LogP contribution in [0.15, 0.2) is 42.5 Å². The fourth-order valence-corrected chi connectivity index (χ4v) is 2.70. The average molecular weight is 238 g/mol. The molecule has 3 rings (SSSR count). The number of carbonyl (C=O) groups is 1. The predicted octanol–water partition coefficient (Wildman–Crippen LogP) is 3.61. The van der Waals surface area contributed by atoms with Crippen LogP contribution in [0.3, 0.4) is 0 Å². The van der Waals surface area contributed by atoms with Gasteiger partial charge in [0.2, 0.25) is 0 Å². The van der Waals surface area contributed by atoms with Gasteiger partial charge in [-0.1, -0.05) is 37.3 Å². The highest BCUT2D eigenvalue weighted by molar-refractivity contribution is 5.92. The molecule has 0 aromatic heterocycles. The molecule has 0 saturated heterocycles. The molecule has 1 unspecified atom stereocenters. The van der Waals surface area contributed by atoms with Crippen molar-refractivity contribution in [1.29, 1.82) is 0 Å². The van der Waals surface area contributed by atoms with Crippen molar-refractivity contribution in [3.8, 4) is 11.1 Å². The molecular weight excluding hydrogens is 224 g/mol. The minimum atomic E-state index is -0.283. The highest BCUT2D eigenvalue weighted by Crippen LogP contribution is 2.44. The Morgan fingerprint density at radius 1 is 1.06 bits per heavy atom. The SMILES string of the molecule is COC(=O)c1ccc2c(c1)-c1ccccc1C2C. The van der Waals surface area contributed by atoms with E-state index in [9.17, 15) is 4.79 Å². The Balaban J connectivity index is 2.20. The van der Waals surface area contributed by atoms with Gasteiger partial charge < -0.3 is 4.74 Å². The van der Waals surface area contributed by atoms with Crippen molar-refractivity contribution in [2.24, 2.45) is 0 Å². The number of benzene rings is 2. The van der Waals surface area contributed by atoms with E-state index in [1.807, 2.05) is 24.3 Å². The number of rotatable bonds is 1. The summed E-state index contributed by atoms with van der Waals surface area (Å²) in [5, 5.41) is 0. The van der Waals surface area contributed by atoms with E-state index in [2.05, 4.69) is 25.1 Å². The van der Waals surface area contributed by atoms with E-state index >= 15 is 0 Å². The van der Waals surface area contributed by atoms with Gasteiger partial charge in [-0.2, -0.15) is 0 Å². The second-order valence-electron chi connectivity index (χ2n) is 4.60. The molecular formula is C16H14O2. The molecule has 0 heterocycles. The molecule has 2 nitrogen and oxygen atoms in total. The molecule has 0 N–H and O–H groups in total. The first-order valence-electron chi connectivity index (χ1n) is 6.04. The van der Waals surface area contributed by atoms with E-state index in [0.717, 1.165) is 5.56 Å². The molecule has 1 aliphatic carbocycles. The second-order valence-corrected chi connectivity index (χ2v) is 4.60. The molecule has 18 heavy (non-hydrogen) atoms. The molecule has 0 fully saturated rings. The minimum absolute atomic E-state index is 0.283. The lowest BCUT2D eigenvalue weighted by molar-refractivity contribution is 0.0601. The first kappa shape index (κ1) is 11.0. The largest absolute Gasteiger partial charge is 0.465 e. The highest BCUT2D eigenvalue weighted by Gasteiger charge is 2.25. The van der Waals surface area contributed by atoms with Crippen molar-refractivity contribution in [1.82, 2.24) is 0 Å². The van der Waals surface area contributed by atoms with Crippen LogP contribution in [-0.2, 0) is 4.74 Å². The number of fused-ring (bicyclic) bond motifs is 3. The topological polar surface area (TPSA) is 26.3 Å². The van der Waals surface area contributed by atoms with Gasteiger partial charge in [0, 0.05) is 5.92 Å². The van der Waals surface area contributed by atoms with Crippen LogP contribution in [0.4, 0.5) is 0 Å². The third kappa shape index (κ3) is 1.46.